The molecular weight excluding hydrogens is 290 g/mol. The summed E-state index contributed by atoms with van der Waals surface area (Å²) < 4.78 is 1.71. The fraction of sp³-hybridized carbons (Fsp3) is 0. The van der Waals surface area contributed by atoms with Crippen molar-refractivity contribution in [2.24, 2.45) is 5.10 Å². The number of carbonyl (C=O) groups excluding carboxylic acids is 1. The first-order valence-electron chi connectivity index (χ1n) is 6.10. The van der Waals surface area contributed by atoms with Gasteiger partial charge in [-0.2, -0.15) is 5.10 Å². The second-order valence-corrected chi connectivity index (χ2v) is 4.66. The number of rotatable bonds is 3. The van der Waals surface area contributed by atoms with Crippen LogP contribution in [0.15, 0.2) is 54.2 Å². The fourth-order valence-electron chi connectivity index (χ4n) is 1.76. The van der Waals surface area contributed by atoms with E-state index in [0.717, 1.165) is 5.56 Å². The first-order valence-corrected chi connectivity index (χ1v) is 6.48. The molecule has 2 heterocycles. The summed E-state index contributed by atoms with van der Waals surface area (Å²) in [4.78, 5) is 20.0. The zero-order valence-electron chi connectivity index (χ0n) is 10.8. The molecule has 3 aromatic rings. The molecule has 0 unspecified atom stereocenters. The Bertz CT molecular complexity index is 794. The molecule has 1 aromatic carbocycles. The van der Waals surface area contributed by atoms with Crippen molar-refractivity contribution < 1.29 is 4.79 Å². The Labute approximate surface area is 125 Å². The van der Waals surface area contributed by atoms with E-state index >= 15 is 0 Å². The molecule has 0 radical (unpaired) electrons. The Morgan fingerprint density at radius 3 is 3.14 bits per heavy atom. The van der Waals surface area contributed by atoms with Crippen molar-refractivity contribution in [1.29, 1.82) is 0 Å². The van der Waals surface area contributed by atoms with Gasteiger partial charge in [0.25, 0.3) is 5.91 Å². The lowest BCUT2D eigenvalue weighted by atomic mass is 10.2. The number of imidazole rings is 1. The summed E-state index contributed by atoms with van der Waals surface area (Å²) in [6.07, 6.45) is 8.04. The Hall–Kier alpha value is -2.73. The maximum Gasteiger partial charge on any atom is 0.291 e. The van der Waals surface area contributed by atoms with Gasteiger partial charge in [0.05, 0.1) is 12.4 Å². The second kappa shape index (κ2) is 5.72. The topological polar surface area (TPSA) is 71.7 Å². The number of hydrazone groups is 1. The van der Waals surface area contributed by atoms with Crippen LogP contribution in [0.4, 0.5) is 0 Å². The van der Waals surface area contributed by atoms with E-state index in [0.29, 0.717) is 10.7 Å². The number of hydrogen-bond donors (Lipinski definition) is 1. The van der Waals surface area contributed by atoms with Crippen molar-refractivity contribution in [1.82, 2.24) is 19.8 Å². The lowest BCUT2D eigenvalue weighted by molar-refractivity contribution is 0.0951. The van der Waals surface area contributed by atoms with Gasteiger partial charge in [-0.3, -0.25) is 9.78 Å². The van der Waals surface area contributed by atoms with Gasteiger partial charge in [0.15, 0.2) is 5.65 Å². The number of hydrogen-bond acceptors (Lipinski definition) is 4. The fourth-order valence-corrected chi connectivity index (χ4v) is 1.96. The quantitative estimate of drug-likeness (QED) is 0.595. The van der Waals surface area contributed by atoms with Crippen LogP contribution in [0.2, 0.25) is 5.02 Å². The highest BCUT2D eigenvalue weighted by atomic mass is 35.5. The predicted octanol–water partition coefficient (Wildman–Crippen LogP) is 2.15. The molecule has 0 fully saturated rings. The van der Waals surface area contributed by atoms with E-state index in [2.05, 4.69) is 20.5 Å². The summed E-state index contributed by atoms with van der Waals surface area (Å²) in [6.45, 7) is 0. The maximum atomic E-state index is 11.9. The number of aromatic nitrogens is 3. The molecule has 3 rings (SSSR count). The number of nitrogens with zero attached hydrogens (tertiary/aromatic N) is 4. The maximum absolute atomic E-state index is 11.9. The van der Waals surface area contributed by atoms with Crippen LogP contribution in [0.5, 0.6) is 0 Å². The second-order valence-electron chi connectivity index (χ2n) is 4.22. The molecule has 0 spiro atoms. The Kier molecular flexibility index (Phi) is 3.61. The molecule has 0 aliphatic carbocycles. The first kappa shape index (κ1) is 13.3. The predicted molar refractivity (Wildman–Crippen MR) is 79.5 cm³/mol. The monoisotopic (exact) mass is 299 g/mol. The molecule has 7 heteroatoms. The van der Waals surface area contributed by atoms with Gasteiger partial charge in [0.2, 0.25) is 0 Å². The largest absolute Gasteiger partial charge is 0.303 e. The van der Waals surface area contributed by atoms with Crippen LogP contribution >= 0.6 is 11.6 Å². The van der Waals surface area contributed by atoms with E-state index in [1.165, 1.54) is 6.21 Å². The smallest absolute Gasteiger partial charge is 0.291 e. The van der Waals surface area contributed by atoms with E-state index in [1.807, 2.05) is 6.07 Å². The van der Waals surface area contributed by atoms with Crippen LogP contribution in [0.1, 0.15) is 16.1 Å². The third kappa shape index (κ3) is 3.06. The molecule has 0 atom stereocenters. The molecule has 0 bridgehead atoms. The SMILES string of the molecule is O=C(N/N=C\c1cccc(Cl)c1)c1cn2ccncc2n1. The minimum Gasteiger partial charge on any atom is -0.303 e. The van der Waals surface area contributed by atoms with Crippen molar-refractivity contribution in [3.8, 4) is 0 Å². The van der Waals surface area contributed by atoms with Crippen molar-refractivity contribution >= 4 is 29.4 Å². The van der Waals surface area contributed by atoms with E-state index < -0.39 is 5.91 Å². The summed E-state index contributed by atoms with van der Waals surface area (Å²) >= 11 is 5.86. The summed E-state index contributed by atoms with van der Waals surface area (Å²) in [5, 5.41) is 4.49. The van der Waals surface area contributed by atoms with E-state index in [9.17, 15) is 4.79 Å². The molecule has 0 saturated carbocycles. The van der Waals surface area contributed by atoms with Crippen LogP contribution < -0.4 is 5.43 Å². The molecule has 104 valence electrons. The average molecular weight is 300 g/mol. The van der Waals surface area contributed by atoms with Gasteiger partial charge in [-0.25, -0.2) is 10.4 Å². The third-order valence-electron chi connectivity index (χ3n) is 2.73. The summed E-state index contributed by atoms with van der Waals surface area (Å²) in [5.74, 6) is -0.392. The number of nitrogens with one attached hydrogen (secondary N) is 1. The van der Waals surface area contributed by atoms with Gasteiger partial charge in [0, 0.05) is 23.6 Å². The Morgan fingerprint density at radius 1 is 1.43 bits per heavy atom. The highest BCUT2D eigenvalue weighted by molar-refractivity contribution is 6.30. The van der Waals surface area contributed by atoms with Crippen LogP contribution in [0.3, 0.4) is 0 Å². The van der Waals surface area contributed by atoms with Crippen molar-refractivity contribution in [2.45, 2.75) is 0 Å². The van der Waals surface area contributed by atoms with E-state index in [1.54, 1.807) is 47.4 Å². The molecule has 1 N–H and O–H groups in total. The Morgan fingerprint density at radius 2 is 2.33 bits per heavy atom. The van der Waals surface area contributed by atoms with Gasteiger partial charge in [-0.1, -0.05) is 23.7 Å². The van der Waals surface area contributed by atoms with Gasteiger partial charge in [-0.05, 0) is 17.7 Å². The lowest BCUT2D eigenvalue weighted by Gasteiger charge is -1.96. The van der Waals surface area contributed by atoms with Crippen LogP contribution in [-0.4, -0.2) is 26.5 Å². The number of carbonyl (C=O) groups is 1. The van der Waals surface area contributed by atoms with Gasteiger partial charge in [-0.15, -0.1) is 0 Å². The third-order valence-corrected chi connectivity index (χ3v) is 2.96. The number of fused-ring (bicyclic) bond motifs is 1. The highest BCUT2D eigenvalue weighted by Gasteiger charge is 2.09. The van der Waals surface area contributed by atoms with Crippen molar-refractivity contribution in [2.75, 3.05) is 0 Å². The number of benzene rings is 1. The van der Waals surface area contributed by atoms with Crippen LogP contribution in [0.25, 0.3) is 5.65 Å². The summed E-state index contributed by atoms with van der Waals surface area (Å²) in [6, 6.07) is 7.15. The molecule has 2 aromatic heterocycles. The molecule has 0 aliphatic heterocycles. The minimum atomic E-state index is -0.392. The summed E-state index contributed by atoms with van der Waals surface area (Å²) in [7, 11) is 0. The van der Waals surface area contributed by atoms with Crippen LogP contribution in [0, 0.1) is 0 Å². The highest BCUT2D eigenvalue weighted by Crippen LogP contribution is 2.08. The van der Waals surface area contributed by atoms with Gasteiger partial charge < -0.3 is 4.40 Å². The normalized spacial score (nSPS) is 11.1. The lowest BCUT2D eigenvalue weighted by Crippen LogP contribution is -2.17. The van der Waals surface area contributed by atoms with Crippen molar-refractivity contribution in [3.63, 3.8) is 0 Å². The average Bonchev–Trinajstić information content (AvgIpc) is 2.91. The molecule has 1 amide bonds. The van der Waals surface area contributed by atoms with Gasteiger partial charge in [0.1, 0.15) is 5.69 Å². The molecule has 0 saturated heterocycles. The first-order chi connectivity index (χ1) is 10.2. The molecule has 0 aliphatic rings. The molecular formula is C14H10ClN5O. The molecule has 6 nitrogen and oxygen atoms in total. The van der Waals surface area contributed by atoms with E-state index in [-0.39, 0.29) is 5.69 Å². The zero-order chi connectivity index (χ0) is 14.7. The standard InChI is InChI=1S/C14H10ClN5O/c15-11-3-1-2-10(6-11)7-17-19-14(21)12-9-20-5-4-16-8-13(20)18-12/h1-9H,(H,19,21)/b17-7-. The Balaban J connectivity index is 1.71. The van der Waals surface area contributed by atoms with E-state index in [4.69, 9.17) is 11.6 Å². The zero-order valence-corrected chi connectivity index (χ0v) is 11.5. The van der Waals surface area contributed by atoms with Gasteiger partial charge >= 0.3 is 0 Å². The minimum absolute atomic E-state index is 0.270. The van der Waals surface area contributed by atoms with Crippen molar-refractivity contribution in [3.05, 3.63) is 65.3 Å². The summed E-state index contributed by atoms with van der Waals surface area (Å²) in [5.41, 5.74) is 4.08. The number of halogens is 1. The number of amides is 1. The molecule has 21 heavy (non-hydrogen) atoms. The van der Waals surface area contributed by atoms with Crippen LogP contribution in [-0.2, 0) is 0 Å².